The number of ether oxygens (including phenoxy) is 1. The van der Waals surface area contributed by atoms with Crippen molar-refractivity contribution < 1.29 is 9.53 Å². The van der Waals surface area contributed by atoms with Crippen LogP contribution >= 0.6 is 0 Å². The maximum Gasteiger partial charge on any atom is 0.254 e. The van der Waals surface area contributed by atoms with Gasteiger partial charge in [0.1, 0.15) is 17.5 Å². The first-order chi connectivity index (χ1) is 12.6. The lowest BCUT2D eigenvalue weighted by molar-refractivity contribution is 0.0746. The highest BCUT2D eigenvalue weighted by atomic mass is 16.5. The van der Waals surface area contributed by atoms with E-state index in [0.29, 0.717) is 24.5 Å². The third-order valence-corrected chi connectivity index (χ3v) is 4.26. The van der Waals surface area contributed by atoms with Crippen LogP contribution in [-0.2, 0) is 0 Å². The standard InChI is InChI=1S/C18H24N6O2/c1-4-19-15-12-16(22-13(2)21-15)23-7-9-24(10-8-23)18(25)14-5-6-20-17(11-14)26-3/h5-6,11-12H,4,7-10H2,1-3H3,(H,19,21,22). The Morgan fingerprint density at radius 2 is 2.00 bits per heavy atom. The Balaban J connectivity index is 1.66. The van der Waals surface area contributed by atoms with E-state index in [1.807, 2.05) is 24.8 Å². The average Bonchev–Trinajstić information content (AvgIpc) is 2.67. The minimum Gasteiger partial charge on any atom is -0.481 e. The van der Waals surface area contributed by atoms with Gasteiger partial charge in [-0.15, -0.1) is 0 Å². The van der Waals surface area contributed by atoms with Gasteiger partial charge in [0.15, 0.2) is 0 Å². The lowest BCUT2D eigenvalue weighted by Gasteiger charge is -2.35. The number of pyridine rings is 1. The first-order valence-electron chi connectivity index (χ1n) is 8.74. The molecule has 138 valence electrons. The highest BCUT2D eigenvalue weighted by molar-refractivity contribution is 5.94. The van der Waals surface area contributed by atoms with Gasteiger partial charge in [-0.25, -0.2) is 15.0 Å². The van der Waals surface area contributed by atoms with Gasteiger partial charge in [-0.1, -0.05) is 0 Å². The molecule has 2 aromatic heterocycles. The summed E-state index contributed by atoms with van der Waals surface area (Å²) in [6, 6.07) is 5.35. The molecule has 0 unspecified atom stereocenters. The minimum atomic E-state index is -0.00226. The molecule has 8 nitrogen and oxygen atoms in total. The van der Waals surface area contributed by atoms with E-state index < -0.39 is 0 Å². The van der Waals surface area contributed by atoms with Crippen LogP contribution in [0.5, 0.6) is 5.88 Å². The van der Waals surface area contributed by atoms with Gasteiger partial charge in [-0.05, 0) is 19.9 Å². The van der Waals surface area contributed by atoms with Crippen LogP contribution in [0.3, 0.4) is 0 Å². The van der Waals surface area contributed by atoms with Crippen LogP contribution in [0.4, 0.5) is 11.6 Å². The molecule has 1 fully saturated rings. The highest BCUT2D eigenvalue weighted by Gasteiger charge is 2.23. The Morgan fingerprint density at radius 3 is 2.69 bits per heavy atom. The predicted octanol–water partition coefficient (Wildman–Crippen LogP) is 1.58. The smallest absolute Gasteiger partial charge is 0.254 e. The fourth-order valence-corrected chi connectivity index (χ4v) is 2.96. The first-order valence-corrected chi connectivity index (χ1v) is 8.74. The Morgan fingerprint density at radius 1 is 1.23 bits per heavy atom. The third-order valence-electron chi connectivity index (χ3n) is 4.26. The van der Waals surface area contributed by atoms with E-state index in [1.54, 1.807) is 25.4 Å². The summed E-state index contributed by atoms with van der Waals surface area (Å²) in [5.74, 6) is 2.91. The van der Waals surface area contributed by atoms with E-state index in [4.69, 9.17) is 4.74 Å². The number of aromatic nitrogens is 3. The zero-order chi connectivity index (χ0) is 18.5. The van der Waals surface area contributed by atoms with Gasteiger partial charge in [0.2, 0.25) is 5.88 Å². The summed E-state index contributed by atoms with van der Waals surface area (Å²) in [5.41, 5.74) is 0.595. The molecule has 0 saturated carbocycles. The van der Waals surface area contributed by atoms with Crippen molar-refractivity contribution in [3.8, 4) is 5.88 Å². The fraction of sp³-hybridized carbons (Fsp3) is 0.444. The van der Waals surface area contributed by atoms with Crippen molar-refractivity contribution in [1.82, 2.24) is 19.9 Å². The number of amides is 1. The number of rotatable bonds is 5. The molecule has 0 aromatic carbocycles. The summed E-state index contributed by atoms with van der Waals surface area (Å²) >= 11 is 0. The number of carbonyl (C=O) groups excluding carboxylic acids is 1. The summed E-state index contributed by atoms with van der Waals surface area (Å²) in [6.45, 7) is 7.49. The van der Waals surface area contributed by atoms with Crippen LogP contribution < -0.4 is 15.0 Å². The number of anilines is 2. The van der Waals surface area contributed by atoms with Crippen LogP contribution in [0.25, 0.3) is 0 Å². The van der Waals surface area contributed by atoms with Gasteiger partial charge >= 0.3 is 0 Å². The Hall–Kier alpha value is -2.90. The summed E-state index contributed by atoms with van der Waals surface area (Å²) in [5, 5.41) is 3.23. The Labute approximate surface area is 153 Å². The van der Waals surface area contributed by atoms with Crippen LogP contribution in [0.15, 0.2) is 24.4 Å². The van der Waals surface area contributed by atoms with Gasteiger partial charge in [0.05, 0.1) is 7.11 Å². The van der Waals surface area contributed by atoms with Crippen molar-refractivity contribution in [2.45, 2.75) is 13.8 Å². The number of hydrogen-bond donors (Lipinski definition) is 1. The average molecular weight is 356 g/mol. The van der Waals surface area contributed by atoms with Gasteiger partial charge in [0, 0.05) is 56.6 Å². The first kappa shape index (κ1) is 17.9. The van der Waals surface area contributed by atoms with Crippen LogP contribution in [0, 0.1) is 6.92 Å². The van der Waals surface area contributed by atoms with Gasteiger partial charge in [0.25, 0.3) is 5.91 Å². The number of carbonyl (C=O) groups is 1. The quantitative estimate of drug-likeness (QED) is 0.871. The summed E-state index contributed by atoms with van der Waals surface area (Å²) in [7, 11) is 1.54. The third kappa shape index (κ3) is 4.01. The molecule has 8 heteroatoms. The second-order valence-electron chi connectivity index (χ2n) is 6.06. The van der Waals surface area contributed by atoms with Crippen LogP contribution in [0.2, 0.25) is 0 Å². The molecule has 26 heavy (non-hydrogen) atoms. The van der Waals surface area contributed by atoms with Gasteiger partial charge in [-0.3, -0.25) is 4.79 Å². The molecule has 1 amide bonds. The Bertz CT molecular complexity index is 774. The predicted molar refractivity (Wildman–Crippen MR) is 99.8 cm³/mol. The van der Waals surface area contributed by atoms with Crippen LogP contribution in [0.1, 0.15) is 23.1 Å². The molecule has 0 atom stereocenters. The van der Waals surface area contributed by atoms with Crippen molar-refractivity contribution in [2.24, 2.45) is 0 Å². The monoisotopic (exact) mass is 356 g/mol. The Kier molecular flexibility index (Phi) is 5.50. The lowest BCUT2D eigenvalue weighted by atomic mass is 10.2. The minimum absolute atomic E-state index is 0.00226. The van der Waals surface area contributed by atoms with Gasteiger partial charge in [-0.2, -0.15) is 0 Å². The molecule has 0 aliphatic carbocycles. The molecule has 0 spiro atoms. The molecule has 0 bridgehead atoms. The van der Waals surface area contributed by atoms with Crippen molar-refractivity contribution in [2.75, 3.05) is 50.1 Å². The largest absolute Gasteiger partial charge is 0.481 e. The normalized spacial score (nSPS) is 14.3. The van der Waals surface area contributed by atoms with Crippen LogP contribution in [-0.4, -0.2) is 65.6 Å². The maximum atomic E-state index is 12.7. The number of nitrogens with one attached hydrogen (secondary N) is 1. The number of nitrogens with zero attached hydrogens (tertiary/aromatic N) is 5. The lowest BCUT2D eigenvalue weighted by Crippen LogP contribution is -2.49. The van der Waals surface area contributed by atoms with E-state index >= 15 is 0 Å². The maximum absolute atomic E-state index is 12.7. The van der Waals surface area contributed by atoms with E-state index in [1.165, 1.54) is 0 Å². The van der Waals surface area contributed by atoms with E-state index in [-0.39, 0.29) is 5.91 Å². The van der Waals surface area contributed by atoms with Crippen molar-refractivity contribution >= 4 is 17.5 Å². The summed E-state index contributed by atoms with van der Waals surface area (Å²) in [6.07, 6.45) is 1.59. The molecule has 1 aliphatic rings. The molecule has 0 radical (unpaired) electrons. The van der Waals surface area contributed by atoms with Gasteiger partial charge < -0.3 is 19.9 Å². The second kappa shape index (κ2) is 7.99. The second-order valence-corrected chi connectivity index (χ2v) is 6.06. The number of piperazine rings is 1. The molecule has 1 saturated heterocycles. The molecule has 3 rings (SSSR count). The van der Waals surface area contributed by atoms with E-state index in [9.17, 15) is 4.79 Å². The summed E-state index contributed by atoms with van der Waals surface area (Å²) in [4.78, 5) is 29.7. The number of aryl methyl sites for hydroxylation is 1. The molecular formula is C18H24N6O2. The van der Waals surface area contributed by atoms with E-state index in [0.717, 1.165) is 37.1 Å². The topological polar surface area (TPSA) is 83.5 Å². The zero-order valence-corrected chi connectivity index (χ0v) is 15.4. The highest BCUT2D eigenvalue weighted by Crippen LogP contribution is 2.19. The molecule has 1 aliphatic heterocycles. The molecular weight excluding hydrogens is 332 g/mol. The summed E-state index contributed by atoms with van der Waals surface area (Å²) < 4.78 is 5.10. The fourth-order valence-electron chi connectivity index (χ4n) is 2.96. The van der Waals surface area contributed by atoms with Crippen molar-refractivity contribution in [3.63, 3.8) is 0 Å². The molecule has 3 heterocycles. The SMILES string of the molecule is CCNc1cc(N2CCN(C(=O)c3ccnc(OC)c3)CC2)nc(C)n1. The van der Waals surface area contributed by atoms with Crippen molar-refractivity contribution in [1.29, 1.82) is 0 Å². The molecule has 1 N–H and O–H groups in total. The molecule has 2 aromatic rings. The number of hydrogen-bond acceptors (Lipinski definition) is 7. The van der Waals surface area contributed by atoms with Crippen molar-refractivity contribution in [3.05, 3.63) is 35.8 Å². The number of methoxy groups -OCH3 is 1. The zero-order valence-electron chi connectivity index (χ0n) is 15.4. The van der Waals surface area contributed by atoms with E-state index in [2.05, 4.69) is 25.2 Å².